The quantitative estimate of drug-likeness (QED) is 0.267. The Labute approximate surface area is 190 Å². The number of methoxy groups -OCH3 is 1. The van der Waals surface area contributed by atoms with Crippen molar-refractivity contribution >= 4 is 19.1 Å². The zero-order valence-corrected chi connectivity index (χ0v) is 21.1. The van der Waals surface area contributed by atoms with Crippen LogP contribution in [0.15, 0.2) is 11.8 Å². The second-order valence-electron chi connectivity index (χ2n) is 10.4. The van der Waals surface area contributed by atoms with Crippen LogP contribution >= 0.6 is 7.26 Å². The number of nitrogens with one attached hydrogen (secondary N) is 1. The van der Waals surface area contributed by atoms with E-state index in [9.17, 15) is 9.59 Å². The SMILES string of the molecule is COC(=O)/C(=C/CC[PH](C1CCCCC1)(C1CCCCC1)C1CCCCC1)NC(C)=O. The third-order valence-electron chi connectivity index (χ3n) is 8.74. The molecule has 0 spiro atoms. The van der Waals surface area contributed by atoms with Crippen LogP contribution in [-0.4, -0.2) is 42.1 Å². The van der Waals surface area contributed by atoms with E-state index in [4.69, 9.17) is 4.74 Å². The number of esters is 1. The molecule has 0 aromatic rings. The topological polar surface area (TPSA) is 55.4 Å². The van der Waals surface area contributed by atoms with Gasteiger partial charge in [0.1, 0.15) is 0 Å². The van der Waals surface area contributed by atoms with Crippen molar-refractivity contribution in [1.29, 1.82) is 0 Å². The van der Waals surface area contributed by atoms with E-state index >= 15 is 0 Å². The molecule has 5 heteroatoms. The first-order chi connectivity index (χ1) is 15.1. The number of amides is 1. The molecule has 0 atom stereocenters. The molecule has 0 radical (unpaired) electrons. The number of carbonyl (C=O) groups is 2. The molecule has 0 heterocycles. The standard InChI is InChI=1S/C26H46NO3P/c1-21(28)27-25(26(29)30-2)19-12-20-31(22-13-6-3-7-14-22,23-15-8-4-9-16-23)24-17-10-5-11-18-24/h19,22-24,31H,3-18,20H2,1-2H3,(H,27,28)/b25-19-. The second-order valence-corrected chi connectivity index (χ2v) is 15.6. The van der Waals surface area contributed by atoms with Gasteiger partial charge in [-0.2, -0.15) is 0 Å². The molecule has 3 aliphatic rings. The Kier molecular flexibility index (Phi) is 9.88. The van der Waals surface area contributed by atoms with Crippen LogP contribution in [0.2, 0.25) is 0 Å². The Morgan fingerprint density at radius 3 is 1.58 bits per heavy atom. The number of hydrogen-bond acceptors (Lipinski definition) is 3. The van der Waals surface area contributed by atoms with Crippen LogP contribution in [-0.2, 0) is 14.3 Å². The molecular weight excluding hydrogens is 405 g/mol. The molecule has 178 valence electrons. The molecule has 4 nitrogen and oxygen atoms in total. The fourth-order valence-electron chi connectivity index (χ4n) is 7.48. The molecule has 3 fully saturated rings. The van der Waals surface area contributed by atoms with Crippen LogP contribution in [0.4, 0.5) is 0 Å². The summed E-state index contributed by atoms with van der Waals surface area (Å²) in [5.74, 6) is -0.623. The summed E-state index contributed by atoms with van der Waals surface area (Å²) in [7, 11) is -0.162. The van der Waals surface area contributed by atoms with Crippen molar-refractivity contribution in [1.82, 2.24) is 5.32 Å². The molecule has 3 aliphatic carbocycles. The molecular formula is C26H46NO3P. The molecule has 1 N–H and O–H groups in total. The van der Waals surface area contributed by atoms with Gasteiger partial charge in [0.2, 0.25) is 0 Å². The average molecular weight is 452 g/mol. The zero-order chi connectivity index (χ0) is 22.1. The van der Waals surface area contributed by atoms with E-state index in [0.717, 1.165) is 23.4 Å². The fourth-order valence-corrected chi connectivity index (χ4v) is 15.8. The summed E-state index contributed by atoms with van der Waals surface area (Å²) >= 11 is 0. The van der Waals surface area contributed by atoms with Gasteiger partial charge in [-0.05, 0) is 0 Å². The summed E-state index contributed by atoms with van der Waals surface area (Å²) in [6.07, 6.45) is 25.8. The molecule has 0 unspecified atom stereocenters. The maximum atomic E-state index is 12.2. The molecule has 3 rings (SSSR count). The summed E-state index contributed by atoms with van der Waals surface area (Å²) in [4.78, 5) is 23.8. The Bertz CT molecular complexity index is 569. The number of carbonyl (C=O) groups excluding carboxylic acids is 2. The third kappa shape index (κ3) is 6.34. The van der Waals surface area contributed by atoms with Gasteiger partial charge in [-0.25, -0.2) is 0 Å². The minimum absolute atomic E-state index is 0.202. The van der Waals surface area contributed by atoms with Gasteiger partial charge in [0, 0.05) is 0 Å². The van der Waals surface area contributed by atoms with Crippen LogP contribution in [0.1, 0.15) is 110 Å². The first kappa shape index (κ1) is 24.7. The van der Waals surface area contributed by atoms with Gasteiger partial charge in [0.25, 0.3) is 0 Å². The molecule has 0 aromatic heterocycles. The monoisotopic (exact) mass is 451 g/mol. The van der Waals surface area contributed by atoms with E-state index in [2.05, 4.69) is 5.32 Å². The molecule has 0 aliphatic heterocycles. The van der Waals surface area contributed by atoms with Crippen molar-refractivity contribution < 1.29 is 14.3 Å². The Morgan fingerprint density at radius 2 is 1.23 bits per heavy atom. The van der Waals surface area contributed by atoms with Crippen LogP contribution in [0.25, 0.3) is 0 Å². The average Bonchev–Trinajstić information content (AvgIpc) is 2.82. The van der Waals surface area contributed by atoms with Gasteiger partial charge in [0.15, 0.2) is 0 Å². The van der Waals surface area contributed by atoms with E-state index in [1.54, 1.807) is 0 Å². The first-order valence-electron chi connectivity index (χ1n) is 13.1. The number of ether oxygens (including phenoxy) is 1. The van der Waals surface area contributed by atoms with Crippen LogP contribution in [0, 0.1) is 0 Å². The van der Waals surface area contributed by atoms with Gasteiger partial charge in [-0.3, -0.25) is 0 Å². The molecule has 0 saturated heterocycles. The van der Waals surface area contributed by atoms with Gasteiger partial charge in [0.05, 0.1) is 0 Å². The minimum atomic E-state index is -1.55. The van der Waals surface area contributed by atoms with Crippen molar-refractivity contribution in [2.75, 3.05) is 13.3 Å². The molecule has 0 aromatic carbocycles. The Balaban J connectivity index is 1.89. The van der Waals surface area contributed by atoms with Crippen LogP contribution < -0.4 is 5.32 Å². The normalized spacial score (nSPS) is 23.4. The molecule has 0 bridgehead atoms. The summed E-state index contributed by atoms with van der Waals surface area (Å²) < 4.78 is 4.93. The molecule has 1 amide bonds. The van der Waals surface area contributed by atoms with Crippen molar-refractivity contribution in [2.45, 2.75) is 127 Å². The van der Waals surface area contributed by atoms with Crippen LogP contribution in [0.3, 0.4) is 0 Å². The predicted molar refractivity (Wildman–Crippen MR) is 132 cm³/mol. The summed E-state index contributed by atoms with van der Waals surface area (Å²) in [5.41, 5.74) is 3.27. The van der Waals surface area contributed by atoms with Crippen molar-refractivity contribution in [3.63, 3.8) is 0 Å². The van der Waals surface area contributed by atoms with Crippen molar-refractivity contribution in [3.05, 3.63) is 11.8 Å². The van der Waals surface area contributed by atoms with Gasteiger partial charge in [-0.15, -0.1) is 0 Å². The van der Waals surface area contributed by atoms with Gasteiger partial charge in [-0.1, -0.05) is 0 Å². The van der Waals surface area contributed by atoms with Crippen molar-refractivity contribution in [3.8, 4) is 0 Å². The molecule has 3 saturated carbocycles. The summed E-state index contributed by atoms with van der Waals surface area (Å²) in [6.45, 7) is 1.46. The van der Waals surface area contributed by atoms with E-state index in [0.29, 0.717) is 5.70 Å². The molecule has 31 heavy (non-hydrogen) atoms. The predicted octanol–water partition coefficient (Wildman–Crippen LogP) is 6.32. The zero-order valence-electron chi connectivity index (χ0n) is 20.1. The van der Waals surface area contributed by atoms with E-state index in [1.165, 1.54) is 117 Å². The van der Waals surface area contributed by atoms with Crippen molar-refractivity contribution in [2.24, 2.45) is 0 Å². The Morgan fingerprint density at radius 1 is 0.806 bits per heavy atom. The maximum absolute atomic E-state index is 12.2. The number of allylic oxidation sites excluding steroid dienone is 1. The van der Waals surface area contributed by atoms with E-state index in [1.807, 2.05) is 6.08 Å². The summed E-state index contributed by atoms with van der Waals surface area (Å²) in [5, 5.41) is 2.72. The fraction of sp³-hybridized carbons (Fsp3) is 0.846. The number of hydrogen-bond donors (Lipinski definition) is 1. The number of rotatable bonds is 8. The summed E-state index contributed by atoms with van der Waals surface area (Å²) in [6, 6.07) is 0. The third-order valence-corrected chi connectivity index (χ3v) is 16.2. The van der Waals surface area contributed by atoms with Gasteiger partial charge < -0.3 is 0 Å². The van der Waals surface area contributed by atoms with E-state index < -0.39 is 13.2 Å². The van der Waals surface area contributed by atoms with E-state index in [-0.39, 0.29) is 5.91 Å². The second kappa shape index (κ2) is 12.4. The van der Waals surface area contributed by atoms with Gasteiger partial charge >= 0.3 is 190 Å². The first-order valence-corrected chi connectivity index (χ1v) is 15.6. The Hall–Kier alpha value is -0.890. The van der Waals surface area contributed by atoms with Crippen LogP contribution in [0.5, 0.6) is 0 Å².